The van der Waals surface area contributed by atoms with Crippen LogP contribution in [0.5, 0.6) is 5.75 Å². The lowest BCUT2D eigenvalue weighted by atomic mass is 9.82. The molecule has 0 bridgehead atoms. The van der Waals surface area contributed by atoms with Crippen molar-refractivity contribution in [1.82, 2.24) is 4.90 Å². The molecular formula is C14H18BrNO2. The molecule has 0 saturated carbocycles. The Balaban J connectivity index is 1.89. The molecule has 2 aliphatic heterocycles. The van der Waals surface area contributed by atoms with Crippen LogP contribution in [0, 0.1) is 0 Å². The van der Waals surface area contributed by atoms with E-state index in [2.05, 4.69) is 27.9 Å². The first kappa shape index (κ1) is 12.5. The lowest BCUT2D eigenvalue weighted by molar-refractivity contribution is -0.0503. The Morgan fingerprint density at radius 1 is 1.39 bits per heavy atom. The first-order valence-electron chi connectivity index (χ1n) is 6.43. The summed E-state index contributed by atoms with van der Waals surface area (Å²) in [4.78, 5) is 2.32. The maximum Gasteiger partial charge on any atom is 0.126 e. The van der Waals surface area contributed by atoms with E-state index in [0.717, 1.165) is 41.7 Å². The van der Waals surface area contributed by atoms with Gasteiger partial charge in [-0.1, -0.05) is 15.9 Å². The first-order chi connectivity index (χ1) is 8.58. The highest BCUT2D eigenvalue weighted by Crippen LogP contribution is 2.44. The Hall–Kier alpha value is -0.580. The van der Waals surface area contributed by atoms with Crippen molar-refractivity contribution in [2.45, 2.75) is 31.0 Å². The summed E-state index contributed by atoms with van der Waals surface area (Å²) in [7, 11) is 2.14. The molecule has 1 atom stereocenters. The molecule has 1 aromatic rings. The fourth-order valence-electron chi connectivity index (χ4n) is 2.94. The summed E-state index contributed by atoms with van der Waals surface area (Å²) in [5.74, 6) is 0.849. The molecule has 4 heteroatoms. The summed E-state index contributed by atoms with van der Waals surface area (Å²) in [5.41, 5.74) is 0.751. The van der Waals surface area contributed by atoms with E-state index in [1.807, 2.05) is 18.2 Å². The third kappa shape index (κ3) is 2.17. The molecule has 1 saturated heterocycles. The van der Waals surface area contributed by atoms with E-state index in [4.69, 9.17) is 4.74 Å². The maximum atomic E-state index is 10.4. The molecule has 1 aromatic carbocycles. The zero-order chi connectivity index (χ0) is 12.8. The predicted octanol–water partition coefficient (Wildman–Crippen LogP) is 2.73. The largest absolute Gasteiger partial charge is 0.487 e. The molecule has 2 aliphatic rings. The van der Waals surface area contributed by atoms with Crippen LogP contribution in [-0.2, 0) is 0 Å². The van der Waals surface area contributed by atoms with Gasteiger partial charge in [0.2, 0.25) is 0 Å². The molecular weight excluding hydrogens is 294 g/mol. The lowest BCUT2D eigenvalue weighted by Gasteiger charge is -2.45. The Bertz CT molecular complexity index is 455. The second-order valence-corrected chi connectivity index (χ2v) is 6.41. The highest BCUT2D eigenvalue weighted by molar-refractivity contribution is 9.10. The molecule has 0 unspecified atom stereocenters. The number of benzene rings is 1. The number of nitrogens with zero attached hydrogens (tertiary/aromatic N) is 1. The summed E-state index contributed by atoms with van der Waals surface area (Å²) in [5, 5.41) is 10.4. The first-order valence-corrected chi connectivity index (χ1v) is 7.22. The molecule has 18 heavy (non-hydrogen) atoms. The number of piperidine rings is 1. The minimum absolute atomic E-state index is 0.160. The number of ether oxygens (including phenoxy) is 1. The maximum absolute atomic E-state index is 10.4. The molecule has 98 valence electrons. The Morgan fingerprint density at radius 2 is 2.11 bits per heavy atom. The van der Waals surface area contributed by atoms with Crippen LogP contribution in [0.4, 0.5) is 0 Å². The van der Waals surface area contributed by atoms with Crippen molar-refractivity contribution < 1.29 is 9.84 Å². The van der Waals surface area contributed by atoms with Crippen molar-refractivity contribution >= 4 is 15.9 Å². The van der Waals surface area contributed by atoms with E-state index < -0.39 is 6.10 Å². The van der Waals surface area contributed by atoms with Gasteiger partial charge < -0.3 is 14.7 Å². The van der Waals surface area contributed by atoms with Crippen LogP contribution in [-0.4, -0.2) is 35.7 Å². The summed E-state index contributed by atoms with van der Waals surface area (Å²) >= 11 is 3.44. The van der Waals surface area contributed by atoms with Crippen LogP contribution in [0.1, 0.15) is 30.9 Å². The van der Waals surface area contributed by atoms with Gasteiger partial charge in [-0.3, -0.25) is 0 Å². The van der Waals surface area contributed by atoms with Crippen LogP contribution >= 0.6 is 15.9 Å². The van der Waals surface area contributed by atoms with Crippen molar-refractivity contribution in [3.05, 3.63) is 28.2 Å². The fraction of sp³-hybridized carbons (Fsp3) is 0.571. The molecule has 0 radical (unpaired) electrons. The molecule has 0 aromatic heterocycles. The molecule has 1 N–H and O–H groups in total. The molecule has 2 heterocycles. The minimum Gasteiger partial charge on any atom is -0.487 e. The highest BCUT2D eigenvalue weighted by Gasteiger charge is 2.42. The number of fused-ring (bicyclic) bond motifs is 1. The number of aliphatic hydroxyl groups is 1. The average molecular weight is 312 g/mol. The smallest absolute Gasteiger partial charge is 0.126 e. The summed E-state index contributed by atoms with van der Waals surface area (Å²) in [6.45, 7) is 2.08. The fourth-order valence-corrected chi connectivity index (χ4v) is 3.32. The number of hydrogen-bond acceptors (Lipinski definition) is 3. The van der Waals surface area contributed by atoms with Gasteiger partial charge in [0, 0.05) is 29.5 Å². The Kier molecular flexibility index (Phi) is 3.12. The van der Waals surface area contributed by atoms with Crippen LogP contribution in [0.2, 0.25) is 0 Å². The number of hydrogen-bond donors (Lipinski definition) is 1. The van der Waals surface area contributed by atoms with E-state index in [9.17, 15) is 5.11 Å². The van der Waals surface area contributed by atoms with E-state index in [1.54, 1.807) is 0 Å². The summed E-state index contributed by atoms with van der Waals surface area (Å²) in [6.07, 6.45) is 2.30. The summed E-state index contributed by atoms with van der Waals surface area (Å²) in [6, 6.07) is 5.89. The van der Waals surface area contributed by atoms with E-state index in [1.165, 1.54) is 0 Å². The van der Waals surface area contributed by atoms with Crippen molar-refractivity contribution in [1.29, 1.82) is 0 Å². The number of aliphatic hydroxyl groups excluding tert-OH is 1. The van der Waals surface area contributed by atoms with Gasteiger partial charge in [-0.2, -0.15) is 0 Å². The van der Waals surface area contributed by atoms with Gasteiger partial charge in [0.1, 0.15) is 11.4 Å². The zero-order valence-corrected chi connectivity index (χ0v) is 12.1. The van der Waals surface area contributed by atoms with E-state index in [-0.39, 0.29) is 5.60 Å². The third-order valence-electron chi connectivity index (χ3n) is 4.12. The highest BCUT2D eigenvalue weighted by atomic mass is 79.9. The van der Waals surface area contributed by atoms with Gasteiger partial charge in [-0.05, 0) is 38.1 Å². The number of halogens is 1. The van der Waals surface area contributed by atoms with Gasteiger partial charge >= 0.3 is 0 Å². The second-order valence-electron chi connectivity index (χ2n) is 5.49. The topological polar surface area (TPSA) is 32.7 Å². The third-order valence-corrected chi connectivity index (χ3v) is 4.61. The molecule has 3 nitrogen and oxygen atoms in total. The molecule has 1 spiro atoms. The zero-order valence-electron chi connectivity index (χ0n) is 10.5. The second kappa shape index (κ2) is 4.51. The minimum atomic E-state index is -0.408. The molecule has 1 fully saturated rings. The van der Waals surface area contributed by atoms with Gasteiger partial charge in [0.05, 0.1) is 6.10 Å². The molecule has 0 aliphatic carbocycles. The van der Waals surface area contributed by atoms with E-state index in [0.29, 0.717) is 6.42 Å². The summed E-state index contributed by atoms with van der Waals surface area (Å²) < 4.78 is 7.22. The molecule has 3 rings (SSSR count). The normalized spacial score (nSPS) is 26.7. The van der Waals surface area contributed by atoms with Crippen LogP contribution in [0.3, 0.4) is 0 Å². The van der Waals surface area contributed by atoms with Crippen molar-refractivity contribution in [3.63, 3.8) is 0 Å². The van der Waals surface area contributed by atoms with Crippen LogP contribution in [0.15, 0.2) is 22.7 Å². The Labute approximate surface area is 116 Å². The van der Waals surface area contributed by atoms with Crippen LogP contribution in [0.25, 0.3) is 0 Å². The number of likely N-dealkylation sites (tertiary alicyclic amines) is 1. The van der Waals surface area contributed by atoms with Crippen molar-refractivity contribution in [3.8, 4) is 5.75 Å². The average Bonchev–Trinajstić information content (AvgIpc) is 2.35. The van der Waals surface area contributed by atoms with Gasteiger partial charge in [0.25, 0.3) is 0 Å². The van der Waals surface area contributed by atoms with Crippen molar-refractivity contribution in [2.24, 2.45) is 0 Å². The monoisotopic (exact) mass is 311 g/mol. The predicted molar refractivity (Wildman–Crippen MR) is 73.8 cm³/mol. The van der Waals surface area contributed by atoms with Crippen molar-refractivity contribution in [2.75, 3.05) is 20.1 Å². The van der Waals surface area contributed by atoms with Gasteiger partial charge in [-0.15, -0.1) is 0 Å². The molecule has 0 amide bonds. The van der Waals surface area contributed by atoms with E-state index >= 15 is 0 Å². The Morgan fingerprint density at radius 3 is 2.83 bits per heavy atom. The lowest BCUT2D eigenvalue weighted by Crippen LogP contribution is -2.49. The quantitative estimate of drug-likeness (QED) is 0.799. The standard InChI is InChI=1S/C14H18BrNO2/c1-16-6-4-14(5-7-16)9-12(17)11-8-10(15)2-3-13(11)18-14/h2-3,8,12,17H,4-7,9H2,1H3/t12-/m1/s1. The SMILES string of the molecule is CN1CCC2(CC1)C[C@@H](O)c1cc(Br)ccc1O2. The van der Waals surface area contributed by atoms with Gasteiger partial charge in [-0.25, -0.2) is 0 Å². The number of rotatable bonds is 0. The van der Waals surface area contributed by atoms with Gasteiger partial charge in [0.15, 0.2) is 0 Å². The van der Waals surface area contributed by atoms with Crippen LogP contribution < -0.4 is 4.74 Å².